The van der Waals surface area contributed by atoms with Crippen molar-refractivity contribution < 1.29 is 13.2 Å². The van der Waals surface area contributed by atoms with Crippen LogP contribution in [-0.2, 0) is 9.84 Å². The van der Waals surface area contributed by atoms with Gasteiger partial charge in [0, 0.05) is 41.3 Å². The highest BCUT2D eigenvalue weighted by Crippen LogP contribution is 2.39. The average Bonchev–Trinajstić information content (AvgIpc) is 3.25. The summed E-state index contributed by atoms with van der Waals surface area (Å²) in [6, 6.07) is 20.4. The predicted octanol–water partition coefficient (Wildman–Crippen LogP) is 5.77. The van der Waals surface area contributed by atoms with E-state index < -0.39 is 9.84 Å². The summed E-state index contributed by atoms with van der Waals surface area (Å²) >= 11 is 6.14. The lowest BCUT2D eigenvalue weighted by molar-refractivity contribution is 0.0980. The molecule has 0 saturated heterocycles. The lowest BCUT2D eigenvalue weighted by Crippen LogP contribution is -2.49. The van der Waals surface area contributed by atoms with Crippen LogP contribution in [0.15, 0.2) is 71.6 Å². The number of benzene rings is 3. The van der Waals surface area contributed by atoms with Gasteiger partial charge in [-0.25, -0.2) is 8.42 Å². The Kier molecular flexibility index (Phi) is 5.85. The number of likely N-dealkylation sites (N-methyl/N-ethyl adjacent to an activating group) is 1. The fraction of sp³-hybridized carbons (Fsp3) is 0.222. The minimum atomic E-state index is -3.27. The average molecular weight is 508 g/mol. The van der Waals surface area contributed by atoms with E-state index in [4.69, 9.17) is 11.6 Å². The number of aromatic amines is 1. The topological polar surface area (TPSA) is 73.5 Å². The van der Waals surface area contributed by atoms with Crippen LogP contribution in [0.5, 0.6) is 0 Å². The molecule has 0 spiro atoms. The molecule has 0 unspecified atom stereocenters. The highest BCUT2D eigenvalue weighted by molar-refractivity contribution is 7.90. The maximum Gasteiger partial charge on any atom is 0.274 e. The van der Waals surface area contributed by atoms with E-state index in [1.54, 1.807) is 30.3 Å². The van der Waals surface area contributed by atoms with Crippen molar-refractivity contribution in [1.29, 1.82) is 0 Å². The summed E-state index contributed by atoms with van der Waals surface area (Å²) in [5.41, 5.74) is 4.99. The zero-order chi connectivity index (χ0) is 24.9. The Bertz CT molecular complexity index is 1540. The van der Waals surface area contributed by atoms with Crippen LogP contribution in [0.2, 0.25) is 5.02 Å². The molecule has 1 N–H and O–H groups in total. The van der Waals surface area contributed by atoms with E-state index in [0.717, 1.165) is 39.9 Å². The van der Waals surface area contributed by atoms with Crippen molar-refractivity contribution in [3.05, 3.63) is 77.4 Å². The second-order valence-electron chi connectivity index (χ2n) is 8.97. The summed E-state index contributed by atoms with van der Waals surface area (Å²) in [4.78, 5) is 21.4. The zero-order valence-corrected chi connectivity index (χ0v) is 21.3. The zero-order valence-electron chi connectivity index (χ0n) is 19.7. The van der Waals surface area contributed by atoms with Crippen molar-refractivity contribution in [2.24, 2.45) is 0 Å². The number of hydrogen-bond acceptors (Lipinski definition) is 4. The van der Waals surface area contributed by atoms with Crippen molar-refractivity contribution in [1.82, 2.24) is 4.98 Å². The van der Waals surface area contributed by atoms with E-state index >= 15 is 0 Å². The van der Waals surface area contributed by atoms with Gasteiger partial charge in [0.2, 0.25) is 0 Å². The number of carbonyl (C=O) groups is 1. The molecule has 2 heterocycles. The Balaban J connectivity index is 1.58. The highest BCUT2D eigenvalue weighted by Gasteiger charge is 2.32. The third-order valence-electron chi connectivity index (χ3n) is 6.57. The van der Waals surface area contributed by atoms with Gasteiger partial charge in [-0.15, -0.1) is 0 Å². The molecular weight excluding hydrogens is 482 g/mol. The maximum absolute atomic E-state index is 13.7. The summed E-state index contributed by atoms with van der Waals surface area (Å²) in [5, 5.41) is 1.51. The minimum Gasteiger partial charge on any atom is -0.366 e. The predicted molar refractivity (Wildman–Crippen MR) is 142 cm³/mol. The molecule has 5 rings (SSSR count). The van der Waals surface area contributed by atoms with Crippen LogP contribution in [0.3, 0.4) is 0 Å². The number of carbonyl (C=O) groups excluding carboxylic acids is 1. The van der Waals surface area contributed by atoms with Gasteiger partial charge in [0.15, 0.2) is 9.84 Å². The Labute approximate surface area is 210 Å². The first kappa shape index (κ1) is 23.5. The van der Waals surface area contributed by atoms with Gasteiger partial charge in [0.1, 0.15) is 5.69 Å². The van der Waals surface area contributed by atoms with Gasteiger partial charge in [-0.1, -0.05) is 29.8 Å². The van der Waals surface area contributed by atoms with Gasteiger partial charge >= 0.3 is 0 Å². The van der Waals surface area contributed by atoms with Crippen molar-refractivity contribution in [3.8, 4) is 11.1 Å². The standard InChI is InChI=1S/C27H26ClN3O3S/c1-4-30-17(2)16-31(27(32)24-14-20-13-21(28)8-11-23(20)29-24)26-15-19(7-12-25(26)30)18-5-9-22(10-6-18)35(3,33)34/h5-15,17,29H,4,16H2,1-3H3/t17-/m0/s1. The highest BCUT2D eigenvalue weighted by atomic mass is 35.5. The molecule has 3 aromatic carbocycles. The van der Waals surface area contributed by atoms with Gasteiger partial charge in [-0.05, 0) is 73.5 Å². The third-order valence-corrected chi connectivity index (χ3v) is 7.93. The van der Waals surface area contributed by atoms with Crippen LogP contribution >= 0.6 is 11.6 Å². The number of hydrogen-bond donors (Lipinski definition) is 1. The lowest BCUT2D eigenvalue weighted by Gasteiger charge is -2.42. The molecule has 0 radical (unpaired) electrons. The number of sulfone groups is 1. The van der Waals surface area contributed by atoms with Crippen LogP contribution in [-0.4, -0.2) is 44.7 Å². The molecule has 4 aromatic rings. The largest absolute Gasteiger partial charge is 0.366 e. The van der Waals surface area contributed by atoms with Crippen LogP contribution in [0, 0.1) is 0 Å². The van der Waals surface area contributed by atoms with Crippen LogP contribution in [0.4, 0.5) is 11.4 Å². The summed E-state index contributed by atoms with van der Waals surface area (Å²) in [6.45, 7) is 5.60. The quantitative estimate of drug-likeness (QED) is 0.380. The van der Waals surface area contributed by atoms with E-state index in [-0.39, 0.29) is 16.8 Å². The Morgan fingerprint density at radius 1 is 1.00 bits per heavy atom. The molecule has 1 amide bonds. The fourth-order valence-corrected chi connectivity index (χ4v) is 5.60. The molecule has 180 valence electrons. The number of fused-ring (bicyclic) bond motifs is 2. The molecule has 1 aliphatic rings. The molecule has 6 nitrogen and oxygen atoms in total. The first-order chi connectivity index (χ1) is 16.7. The normalized spacial score (nSPS) is 15.9. The summed E-state index contributed by atoms with van der Waals surface area (Å²) in [5.74, 6) is -0.106. The van der Waals surface area contributed by atoms with Gasteiger partial charge in [-0.3, -0.25) is 4.79 Å². The molecule has 1 aromatic heterocycles. The molecule has 35 heavy (non-hydrogen) atoms. The van der Waals surface area contributed by atoms with Crippen molar-refractivity contribution >= 4 is 49.6 Å². The van der Waals surface area contributed by atoms with Crippen LogP contribution in [0.25, 0.3) is 22.0 Å². The molecule has 0 aliphatic carbocycles. The summed E-state index contributed by atoms with van der Waals surface area (Å²) in [7, 11) is -3.27. The second-order valence-corrected chi connectivity index (χ2v) is 11.4. The van der Waals surface area contributed by atoms with E-state index in [1.807, 2.05) is 41.3 Å². The number of halogens is 1. The minimum absolute atomic E-state index is 0.106. The van der Waals surface area contributed by atoms with Crippen LogP contribution < -0.4 is 9.80 Å². The first-order valence-electron chi connectivity index (χ1n) is 11.5. The molecule has 8 heteroatoms. The number of H-pyrrole nitrogens is 1. The van der Waals surface area contributed by atoms with Gasteiger partial charge < -0.3 is 14.8 Å². The van der Waals surface area contributed by atoms with E-state index in [9.17, 15) is 13.2 Å². The first-order valence-corrected chi connectivity index (χ1v) is 13.7. The van der Waals surface area contributed by atoms with Gasteiger partial charge in [0.25, 0.3) is 5.91 Å². The number of nitrogens with zero attached hydrogens (tertiary/aromatic N) is 2. The Hall–Kier alpha value is -3.29. The number of rotatable bonds is 4. The van der Waals surface area contributed by atoms with E-state index in [2.05, 4.69) is 23.7 Å². The molecule has 1 atom stereocenters. The van der Waals surface area contributed by atoms with Crippen molar-refractivity contribution in [2.75, 3.05) is 29.1 Å². The van der Waals surface area contributed by atoms with Crippen molar-refractivity contribution in [2.45, 2.75) is 24.8 Å². The van der Waals surface area contributed by atoms with Gasteiger partial charge in [-0.2, -0.15) is 0 Å². The molecule has 1 aliphatic heterocycles. The van der Waals surface area contributed by atoms with E-state index in [1.165, 1.54) is 6.26 Å². The maximum atomic E-state index is 13.7. The molecule has 0 fully saturated rings. The van der Waals surface area contributed by atoms with E-state index in [0.29, 0.717) is 17.3 Å². The Morgan fingerprint density at radius 3 is 2.40 bits per heavy atom. The number of nitrogens with one attached hydrogen (secondary N) is 1. The van der Waals surface area contributed by atoms with Gasteiger partial charge in [0.05, 0.1) is 16.3 Å². The number of amides is 1. The Morgan fingerprint density at radius 2 is 1.71 bits per heavy atom. The monoisotopic (exact) mass is 507 g/mol. The number of aromatic nitrogens is 1. The summed E-state index contributed by atoms with van der Waals surface area (Å²) in [6.07, 6.45) is 1.20. The molecule has 0 bridgehead atoms. The molecule has 0 saturated carbocycles. The number of anilines is 2. The smallest absolute Gasteiger partial charge is 0.274 e. The fourth-order valence-electron chi connectivity index (χ4n) is 4.79. The SMILES string of the molecule is CCN1c2ccc(-c3ccc(S(C)(=O)=O)cc3)cc2N(C(=O)c2cc3cc(Cl)ccc3[nH]2)C[C@@H]1C. The third kappa shape index (κ3) is 4.30. The van der Waals surface area contributed by atoms with Crippen LogP contribution in [0.1, 0.15) is 24.3 Å². The van der Waals surface area contributed by atoms with Crippen molar-refractivity contribution in [3.63, 3.8) is 0 Å². The lowest BCUT2D eigenvalue weighted by atomic mass is 10.0. The molecular formula is C27H26ClN3O3S. The second kappa shape index (κ2) is 8.73. The summed E-state index contributed by atoms with van der Waals surface area (Å²) < 4.78 is 23.7.